The Kier molecular flexibility index (Phi) is 3.56. The maximum atomic E-state index is 11.6. The van der Waals surface area contributed by atoms with Crippen molar-refractivity contribution in [1.29, 1.82) is 0 Å². The largest absolute Gasteiger partial charge is 0.346 e. The average molecular weight is 302 g/mol. The number of rotatable bonds is 3. The van der Waals surface area contributed by atoms with Crippen molar-refractivity contribution in [3.63, 3.8) is 0 Å². The Morgan fingerprint density at radius 1 is 1.33 bits per heavy atom. The fourth-order valence-corrected chi connectivity index (χ4v) is 3.18. The van der Waals surface area contributed by atoms with E-state index in [-0.39, 0.29) is 5.91 Å². The molecule has 2 heterocycles. The van der Waals surface area contributed by atoms with Crippen molar-refractivity contribution in [2.45, 2.75) is 6.54 Å². The van der Waals surface area contributed by atoms with E-state index in [4.69, 9.17) is 0 Å². The molecule has 0 bridgehead atoms. The summed E-state index contributed by atoms with van der Waals surface area (Å²) in [6.07, 6.45) is 0. The Hall–Kier alpha value is -0.650. The van der Waals surface area contributed by atoms with E-state index in [2.05, 4.69) is 21.2 Å². The predicted octanol–water partition coefficient (Wildman–Crippen LogP) is 3.50. The van der Waals surface area contributed by atoms with Crippen LogP contribution in [0.4, 0.5) is 0 Å². The lowest BCUT2D eigenvalue weighted by Gasteiger charge is -2.01. The molecule has 0 atom stereocenters. The van der Waals surface area contributed by atoms with Crippen molar-refractivity contribution < 1.29 is 4.79 Å². The average Bonchev–Trinajstić information content (AvgIpc) is 2.85. The molecule has 0 radical (unpaired) electrons. The van der Waals surface area contributed by atoms with Crippen LogP contribution in [0.5, 0.6) is 0 Å². The molecule has 78 valence electrons. The van der Waals surface area contributed by atoms with Gasteiger partial charge in [0.05, 0.1) is 11.4 Å². The van der Waals surface area contributed by atoms with Crippen molar-refractivity contribution in [2.75, 3.05) is 0 Å². The zero-order valence-electron chi connectivity index (χ0n) is 7.70. The number of hydrogen-bond acceptors (Lipinski definition) is 3. The topological polar surface area (TPSA) is 29.1 Å². The number of carbonyl (C=O) groups excluding carboxylic acids is 1. The van der Waals surface area contributed by atoms with Crippen molar-refractivity contribution in [1.82, 2.24) is 5.32 Å². The quantitative estimate of drug-likeness (QED) is 0.923. The molecule has 0 aliphatic carbocycles. The molecule has 0 saturated carbocycles. The second-order valence-electron chi connectivity index (χ2n) is 2.85. The molecule has 2 aromatic heterocycles. The van der Waals surface area contributed by atoms with Crippen LogP contribution in [-0.4, -0.2) is 5.91 Å². The van der Waals surface area contributed by atoms with Gasteiger partial charge in [-0.2, -0.15) is 0 Å². The molecular formula is C10H8BrNOS2. The summed E-state index contributed by atoms with van der Waals surface area (Å²) in [5, 5.41) is 6.78. The van der Waals surface area contributed by atoms with Crippen molar-refractivity contribution >= 4 is 44.5 Å². The number of thiophene rings is 2. The summed E-state index contributed by atoms with van der Waals surface area (Å²) in [6, 6.07) is 5.68. The normalized spacial score (nSPS) is 10.2. The minimum atomic E-state index is -0.00898. The van der Waals surface area contributed by atoms with Crippen molar-refractivity contribution in [3.05, 3.63) is 43.2 Å². The summed E-state index contributed by atoms with van der Waals surface area (Å²) >= 11 is 6.51. The number of nitrogens with one attached hydrogen (secondary N) is 1. The molecule has 0 fully saturated rings. The first-order chi connectivity index (χ1) is 7.27. The summed E-state index contributed by atoms with van der Waals surface area (Å²) in [7, 11) is 0. The SMILES string of the molecule is O=C(NCc1sccc1Br)c1cccs1. The summed E-state index contributed by atoms with van der Waals surface area (Å²) in [4.78, 5) is 13.5. The van der Waals surface area contributed by atoms with E-state index < -0.39 is 0 Å². The van der Waals surface area contributed by atoms with Gasteiger partial charge in [-0.25, -0.2) is 0 Å². The highest BCUT2D eigenvalue weighted by Crippen LogP contribution is 2.22. The van der Waals surface area contributed by atoms with Crippen LogP contribution in [0.25, 0.3) is 0 Å². The Balaban J connectivity index is 1.95. The number of hydrogen-bond donors (Lipinski definition) is 1. The Labute approximate surface area is 104 Å². The molecule has 1 N–H and O–H groups in total. The molecule has 1 amide bonds. The Morgan fingerprint density at radius 3 is 2.80 bits per heavy atom. The van der Waals surface area contributed by atoms with Gasteiger partial charge in [-0.1, -0.05) is 6.07 Å². The first-order valence-corrected chi connectivity index (χ1v) is 6.86. The molecule has 2 aromatic rings. The monoisotopic (exact) mass is 301 g/mol. The van der Waals surface area contributed by atoms with E-state index in [9.17, 15) is 4.79 Å². The third kappa shape index (κ3) is 2.68. The van der Waals surface area contributed by atoms with Gasteiger partial charge in [-0.15, -0.1) is 22.7 Å². The summed E-state index contributed by atoms with van der Waals surface area (Å²) < 4.78 is 1.05. The van der Waals surface area contributed by atoms with Crippen LogP contribution in [0.3, 0.4) is 0 Å². The zero-order valence-corrected chi connectivity index (χ0v) is 10.9. The molecule has 15 heavy (non-hydrogen) atoms. The van der Waals surface area contributed by atoms with Crippen LogP contribution >= 0.6 is 38.6 Å². The van der Waals surface area contributed by atoms with Gasteiger partial charge in [0.1, 0.15) is 0 Å². The van der Waals surface area contributed by atoms with Gasteiger partial charge in [-0.05, 0) is 38.8 Å². The zero-order chi connectivity index (χ0) is 10.7. The van der Waals surface area contributed by atoms with E-state index >= 15 is 0 Å². The van der Waals surface area contributed by atoms with E-state index in [0.29, 0.717) is 6.54 Å². The van der Waals surface area contributed by atoms with Gasteiger partial charge in [0.25, 0.3) is 5.91 Å². The molecule has 0 aliphatic rings. The highest BCUT2D eigenvalue weighted by atomic mass is 79.9. The third-order valence-electron chi connectivity index (χ3n) is 1.85. The van der Waals surface area contributed by atoms with Gasteiger partial charge in [-0.3, -0.25) is 4.79 Å². The molecule has 0 aliphatic heterocycles. The molecule has 0 spiro atoms. The van der Waals surface area contributed by atoms with Crippen LogP contribution in [0.2, 0.25) is 0 Å². The number of halogens is 1. The second kappa shape index (κ2) is 4.92. The van der Waals surface area contributed by atoms with Gasteiger partial charge in [0, 0.05) is 9.35 Å². The standard InChI is InChI=1S/C10H8BrNOS2/c11-7-3-5-15-9(7)6-12-10(13)8-2-1-4-14-8/h1-5H,6H2,(H,12,13). The van der Waals surface area contributed by atoms with Gasteiger partial charge >= 0.3 is 0 Å². The summed E-state index contributed by atoms with van der Waals surface area (Å²) in [5.41, 5.74) is 0. The molecule has 2 nitrogen and oxygen atoms in total. The van der Waals surface area contributed by atoms with Crippen LogP contribution < -0.4 is 5.32 Å². The lowest BCUT2D eigenvalue weighted by molar-refractivity contribution is 0.0955. The van der Waals surface area contributed by atoms with E-state index in [0.717, 1.165) is 14.2 Å². The fourth-order valence-electron chi connectivity index (χ4n) is 1.11. The molecule has 0 aromatic carbocycles. The smallest absolute Gasteiger partial charge is 0.261 e. The Bertz CT molecular complexity index is 450. The maximum absolute atomic E-state index is 11.6. The van der Waals surface area contributed by atoms with E-state index in [1.165, 1.54) is 11.3 Å². The number of carbonyl (C=O) groups is 1. The van der Waals surface area contributed by atoms with Crippen LogP contribution in [0.15, 0.2) is 33.4 Å². The highest BCUT2D eigenvalue weighted by Gasteiger charge is 2.07. The van der Waals surface area contributed by atoms with Gasteiger partial charge in [0.2, 0.25) is 0 Å². The van der Waals surface area contributed by atoms with E-state index in [1.54, 1.807) is 11.3 Å². The minimum absolute atomic E-state index is 0.00898. The first kappa shape index (κ1) is 10.9. The lowest BCUT2D eigenvalue weighted by Crippen LogP contribution is -2.21. The van der Waals surface area contributed by atoms with Crippen molar-refractivity contribution in [3.8, 4) is 0 Å². The Morgan fingerprint density at radius 2 is 2.20 bits per heavy atom. The van der Waals surface area contributed by atoms with Crippen LogP contribution in [-0.2, 0) is 6.54 Å². The van der Waals surface area contributed by atoms with Crippen molar-refractivity contribution in [2.24, 2.45) is 0 Å². The second-order valence-corrected chi connectivity index (χ2v) is 5.65. The molecule has 0 unspecified atom stereocenters. The predicted molar refractivity (Wildman–Crippen MR) is 67.5 cm³/mol. The number of amides is 1. The summed E-state index contributed by atoms with van der Waals surface area (Å²) in [5.74, 6) is -0.00898. The van der Waals surface area contributed by atoms with Gasteiger partial charge in [0.15, 0.2) is 0 Å². The van der Waals surface area contributed by atoms with Crippen LogP contribution in [0.1, 0.15) is 14.5 Å². The van der Waals surface area contributed by atoms with E-state index in [1.807, 2.05) is 29.0 Å². The van der Waals surface area contributed by atoms with Gasteiger partial charge < -0.3 is 5.32 Å². The molecule has 5 heteroatoms. The highest BCUT2D eigenvalue weighted by molar-refractivity contribution is 9.10. The molecular weight excluding hydrogens is 294 g/mol. The molecule has 2 rings (SSSR count). The fraction of sp³-hybridized carbons (Fsp3) is 0.100. The molecule has 0 saturated heterocycles. The third-order valence-corrected chi connectivity index (χ3v) is 4.64. The summed E-state index contributed by atoms with van der Waals surface area (Å²) in [6.45, 7) is 0.578. The van der Waals surface area contributed by atoms with Crippen LogP contribution in [0, 0.1) is 0 Å². The lowest BCUT2D eigenvalue weighted by atomic mass is 10.4. The first-order valence-electron chi connectivity index (χ1n) is 4.31. The maximum Gasteiger partial charge on any atom is 0.261 e. The minimum Gasteiger partial charge on any atom is -0.346 e.